The quantitative estimate of drug-likeness (QED) is 0.600. The van der Waals surface area contributed by atoms with E-state index in [2.05, 4.69) is 31.4 Å². The average Bonchev–Trinajstić information content (AvgIpc) is 3.08. The Morgan fingerprint density at radius 2 is 1.86 bits per heavy atom. The standard InChI is InChI=1S/C18H17BrN4O4S/c1-12-20-18(22-27-12)15-5-3-4-6-16(15)21-17(24)11-23(2)28(25,26)14-9-7-13(19)8-10-14/h3-10H,11H2,1-2H3,(H,21,24). The Morgan fingerprint density at radius 3 is 2.50 bits per heavy atom. The first kappa shape index (κ1) is 20.2. The predicted octanol–water partition coefficient (Wildman–Crippen LogP) is 3.07. The minimum absolute atomic E-state index is 0.105. The lowest BCUT2D eigenvalue weighted by Gasteiger charge is -2.17. The van der Waals surface area contributed by atoms with Crippen molar-refractivity contribution in [1.82, 2.24) is 14.4 Å². The number of sulfonamides is 1. The SMILES string of the molecule is Cc1nc(-c2ccccc2NC(=O)CN(C)S(=O)(=O)c2ccc(Br)cc2)no1. The average molecular weight is 465 g/mol. The number of halogens is 1. The largest absolute Gasteiger partial charge is 0.339 e. The topological polar surface area (TPSA) is 105 Å². The summed E-state index contributed by atoms with van der Waals surface area (Å²) in [5.41, 5.74) is 1.04. The summed E-state index contributed by atoms with van der Waals surface area (Å²) in [7, 11) is -2.44. The van der Waals surface area contributed by atoms with Gasteiger partial charge in [-0.3, -0.25) is 4.79 Å². The molecule has 10 heteroatoms. The molecule has 146 valence electrons. The number of benzene rings is 2. The van der Waals surface area contributed by atoms with Gasteiger partial charge in [0, 0.05) is 24.0 Å². The summed E-state index contributed by atoms with van der Waals surface area (Å²) in [4.78, 5) is 16.7. The summed E-state index contributed by atoms with van der Waals surface area (Å²) in [6.07, 6.45) is 0. The van der Waals surface area contributed by atoms with Crippen LogP contribution in [0.25, 0.3) is 11.4 Å². The number of para-hydroxylation sites is 1. The molecule has 1 heterocycles. The monoisotopic (exact) mass is 464 g/mol. The predicted molar refractivity (Wildman–Crippen MR) is 107 cm³/mol. The fraction of sp³-hybridized carbons (Fsp3) is 0.167. The number of aromatic nitrogens is 2. The van der Waals surface area contributed by atoms with Crippen molar-refractivity contribution < 1.29 is 17.7 Å². The highest BCUT2D eigenvalue weighted by Crippen LogP contribution is 2.25. The van der Waals surface area contributed by atoms with Gasteiger partial charge in [-0.1, -0.05) is 33.2 Å². The highest BCUT2D eigenvalue weighted by atomic mass is 79.9. The summed E-state index contributed by atoms with van der Waals surface area (Å²) in [5, 5.41) is 6.56. The van der Waals surface area contributed by atoms with Crippen molar-refractivity contribution in [1.29, 1.82) is 0 Å². The zero-order valence-corrected chi connectivity index (χ0v) is 17.5. The van der Waals surface area contributed by atoms with Crippen molar-refractivity contribution in [3.63, 3.8) is 0 Å². The zero-order valence-electron chi connectivity index (χ0n) is 15.1. The third-order valence-electron chi connectivity index (χ3n) is 3.86. The van der Waals surface area contributed by atoms with E-state index in [4.69, 9.17) is 4.52 Å². The third kappa shape index (κ3) is 4.46. The van der Waals surface area contributed by atoms with Crippen molar-refractivity contribution in [3.8, 4) is 11.4 Å². The Labute approximate surface area is 170 Å². The Hall–Kier alpha value is -2.56. The molecule has 0 spiro atoms. The van der Waals surface area contributed by atoms with E-state index in [0.29, 0.717) is 23.0 Å². The van der Waals surface area contributed by atoms with Gasteiger partial charge in [-0.25, -0.2) is 8.42 Å². The normalized spacial score (nSPS) is 11.6. The van der Waals surface area contributed by atoms with Gasteiger partial charge in [0.2, 0.25) is 27.6 Å². The fourth-order valence-corrected chi connectivity index (χ4v) is 3.85. The lowest BCUT2D eigenvalue weighted by Crippen LogP contribution is -2.35. The molecule has 0 aliphatic heterocycles. The molecule has 0 aliphatic rings. The second kappa shape index (κ2) is 8.21. The molecule has 0 atom stereocenters. The van der Waals surface area contributed by atoms with E-state index in [0.717, 1.165) is 8.78 Å². The van der Waals surface area contributed by atoms with Gasteiger partial charge in [0.1, 0.15) is 0 Å². The highest BCUT2D eigenvalue weighted by Gasteiger charge is 2.23. The van der Waals surface area contributed by atoms with E-state index in [-0.39, 0.29) is 11.4 Å². The van der Waals surface area contributed by atoms with Crippen LogP contribution in [0.1, 0.15) is 5.89 Å². The lowest BCUT2D eigenvalue weighted by molar-refractivity contribution is -0.116. The Balaban J connectivity index is 1.75. The highest BCUT2D eigenvalue weighted by molar-refractivity contribution is 9.10. The molecular weight excluding hydrogens is 448 g/mol. The molecule has 3 aromatic rings. The molecule has 28 heavy (non-hydrogen) atoms. The van der Waals surface area contributed by atoms with E-state index >= 15 is 0 Å². The van der Waals surface area contributed by atoms with Gasteiger partial charge in [-0.2, -0.15) is 9.29 Å². The minimum Gasteiger partial charge on any atom is -0.339 e. The van der Waals surface area contributed by atoms with Crippen molar-refractivity contribution >= 4 is 37.5 Å². The lowest BCUT2D eigenvalue weighted by atomic mass is 10.1. The van der Waals surface area contributed by atoms with Crippen LogP contribution >= 0.6 is 15.9 Å². The molecule has 1 aromatic heterocycles. The maximum Gasteiger partial charge on any atom is 0.243 e. The number of nitrogens with zero attached hydrogens (tertiary/aromatic N) is 3. The van der Waals surface area contributed by atoms with Gasteiger partial charge in [-0.15, -0.1) is 0 Å². The Bertz CT molecular complexity index is 1100. The number of amides is 1. The van der Waals surface area contributed by atoms with Gasteiger partial charge in [-0.05, 0) is 36.4 Å². The van der Waals surface area contributed by atoms with Crippen LogP contribution in [0.5, 0.6) is 0 Å². The Morgan fingerprint density at radius 1 is 1.18 bits per heavy atom. The number of carbonyl (C=O) groups excluding carboxylic acids is 1. The molecule has 0 aliphatic carbocycles. The zero-order chi connectivity index (χ0) is 20.3. The summed E-state index contributed by atoms with van der Waals surface area (Å²) < 4.78 is 32.0. The molecule has 3 rings (SSSR count). The van der Waals surface area contributed by atoms with Gasteiger partial charge in [0.05, 0.1) is 17.1 Å². The molecule has 0 saturated carbocycles. The molecule has 0 saturated heterocycles. The van der Waals surface area contributed by atoms with Crippen LogP contribution in [-0.2, 0) is 14.8 Å². The number of hydrogen-bond acceptors (Lipinski definition) is 6. The van der Waals surface area contributed by atoms with Crippen molar-refractivity contribution in [2.75, 3.05) is 18.9 Å². The maximum atomic E-state index is 12.6. The molecule has 1 amide bonds. The van der Waals surface area contributed by atoms with Crippen molar-refractivity contribution in [3.05, 3.63) is 58.9 Å². The van der Waals surface area contributed by atoms with Crippen molar-refractivity contribution in [2.45, 2.75) is 11.8 Å². The summed E-state index contributed by atoms with van der Waals surface area (Å²) in [5.74, 6) is 0.247. The Kier molecular flexibility index (Phi) is 5.92. The number of carbonyl (C=O) groups is 1. The first-order valence-corrected chi connectivity index (χ1v) is 10.4. The molecule has 0 radical (unpaired) electrons. The van der Waals surface area contributed by atoms with E-state index in [1.807, 2.05) is 0 Å². The second-order valence-electron chi connectivity index (χ2n) is 5.95. The molecular formula is C18H17BrN4O4S. The van der Waals surface area contributed by atoms with Crippen LogP contribution in [0.2, 0.25) is 0 Å². The summed E-state index contributed by atoms with van der Waals surface area (Å²) in [6, 6.07) is 13.1. The molecule has 2 aromatic carbocycles. The van der Waals surface area contributed by atoms with E-state index in [9.17, 15) is 13.2 Å². The van der Waals surface area contributed by atoms with Crippen LogP contribution in [0.15, 0.2) is 62.4 Å². The van der Waals surface area contributed by atoms with Gasteiger partial charge in [0.25, 0.3) is 0 Å². The minimum atomic E-state index is -3.79. The van der Waals surface area contributed by atoms with Gasteiger partial charge >= 0.3 is 0 Å². The van der Waals surface area contributed by atoms with Crippen LogP contribution < -0.4 is 5.32 Å². The molecule has 0 fully saturated rings. The van der Waals surface area contributed by atoms with Crippen molar-refractivity contribution in [2.24, 2.45) is 0 Å². The van der Waals surface area contributed by atoms with Crippen LogP contribution in [0.4, 0.5) is 5.69 Å². The van der Waals surface area contributed by atoms with Gasteiger partial charge in [0.15, 0.2) is 0 Å². The molecule has 0 bridgehead atoms. The van der Waals surface area contributed by atoms with E-state index in [1.54, 1.807) is 43.3 Å². The first-order chi connectivity index (χ1) is 13.3. The van der Waals surface area contributed by atoms with Gasteiger partial charge < -0.3 is 9.84 Å². The number of anilines is 1. The number of rotatable bonds is 6. The second-order valence-corrected chi connectivity index (χ2v) is 8.91. The smallest absolute Gasteiger partial charge is 0.243 e. The molecule has 0 unspecified atom stereocenters. The third-order valence-corrected chi connectivity index (χ3v) is 6.20. The molecule has 8 nitrogen and oxygen atoms in total. The van der Waals surface area contributed by atoms with Crippen LogP contribution in [-0.4, -0.2) is 42.4 Å². The first-order valence-electron chi connectivity index (χ1n) is 8.19. The van der Waals surface area contributed by atoms with Crippen LogP contribution in [0, 0.1) is 6.92 Å². The number of aryl methyl sites for hydroxylation is 1. The summed E-state index contributed by atoms with van der Waals surface area (Å²) in [6.45, 7) is 1.32. The number of likely N-dealkylation sites (N-methyl/N-ethyl adjacent to an activating group) is 1. The molecule has 1 N–H and O–H groups in total. The van der Waals surface area contributed by atoms with E-state index < -0.39 is 15.9 Å². The van der Waals surface area contributed by atoms with E-state index in [1.165, 1.54) is 19.2 Å². The number of nitrogens with one attached hydrogen (secondary N) is 1. The van der Waals surface area contributed by atoms with Crippen LogP contribution in [0.3, 0.4) is 0 Å². The maximum absolute atomic E-state index is 12.6. The fourth-order valence-electron chi connectivity index (χ4n) is 2.46. The number of hydrogen-bond donors (Lipinski definition) is 1. The summed E-state index contributed by atoms with van der Waals surface area (Å²) >= 11 is 3.26.